The highest BCUT2D eigenvalue weighted by Gasteiger charge is 2.29. The minimum absolute atomic E-state index is 0.00764. The van der Waals surface area contributed by atoms with Crippen LogP contribution in [-0.4, -0.2) is 67.7 Å². The number of fused-ring (bicyclic) bond motifs is 1. The van der Waals surface area contributed by atoms with Crippen LogP contribution < -0.4 is 9.64 Å². The Morgan fingerprint density at radius 1 is 1.19 bits per heavy atom. The molecule has 1 atom stereocenters. The van der Waals surface area contributed by atoms with E-state index in [1.807, 2.05) is 39.0 Å². The molecule has 0 fully saturated rings. The van der Waals surface area contributed by atoms with Crippen LogP contribution in [0.3, 0.4) is 0 Å². The second-order valence-corrected chi connectivity index (χ2v) is 8.68. The fraction of sp³-hybridized carbons (Fsp3) is 0.609. The normalized spacial score (nSPS) is 14.5. The molecule has 1 aliphatic heterocycles. The van der Waals surface area contributed by atoms with E-state index >= 15 is 0 Å². The molecule has 1 unspecified atom stereocenters. The molecule has 0 aromatic heterocycles. The average Bonchev–Trinajstić information content (AvgIpc) is 2.68. The second kappa shape index (κ2) is 10.6. The minimum atomic E-state index is -0.672. The number of esters is 1. The van der Waals surface area contributed by atoms with Crippen LogP contribution in [0.5, 0.6) is 5.75 Å². The first kappa shape index (κ1) is 24.7. The number of amides is 2. The summed E-state index contributed by atoms with van der Waals surface area (Å²) in [6.45, 7) is 9.59. The van der Waals surface area contributed by atoms with Gasteiger partial charge < -0.3 is 24.0 Å². The molecule has 8 nitrogen and oxygen atoms in total. The Hall–Kier alpha value is -2.61. The lowest BCUT2D eigenvalue weighted by Crippen LogP contribution is -2.50. The molecule has 1 aliphatic rings. The van der Waals surface area contributed by atoms with E-state index in [9.17, 15) is 14.4 Å². The van der Waals surface area contributed by atoms with Gasteiger partial charge in [0.1, 0.15) is 19.0 Å². The summed E-state index contributed by atoms with van der Waals surface area (Å²) < 4.78 is 16.5. The third-order valence-corrected chi connectivity index (χ3v) is 5.15. The number of nitrogens with zero attached hydrogens (tertiary/aromatic N) is 2. The SMILES string of the molecule is COCC(=O)OC(COc1cccc2c1CCCN2C(C)=O)CN(C(C)=O)C(C)(C)C. The van der Waals surface area contributed by atoms with Gasteiger partial charge in [-0.15, -0.1) is 0 Å². The summed E-state index contributed by atoms with van der Waals surface area (Å²) in [5.74, 6) is 0.00830. The van der Waals surface area contributed by atoms with Crippen LogP contribution in [0.1, 0.15) is 46.6 Å². The smallest absolute Gasteiger partial charge is 0.332 e. The van der Waals surface area contributed by atoms with Crippen LogP contribution in [0.15, 0.2) is 18.2 Å². The van der Waals surface area contributed by atoms with Crippen LogP contribution in [0.25, 0.3) is 0 Å². The van der Waals surface area contributed by atoms with E-state index in [1.165, 1.54) is 14.0 Å². The highest BCUT2D eigenvalue weighted by Crippen LogP contribution is 2.34. The Labute approximate surface area is 184 Å². The summed E-state index contributed by atoms with van der Waals surface area (Å²) in [6, 6.07) is 5.61. The Morgan fingerprint density at radius 2 is 1.90 bits per heavy atom. The summed E-state index contributed by atoms with van der Waals surface area (Å²) in [4.78, 5) is 39.6. The van der Waals surface area contributed by atoms with Gasteiger partial charge in [-0.05, 0) is 45.7 Å². The van der Waals surface area contributed by atoms with Gasteiger partial charge in [-0.25, -0.2) is 4.79 Å². The van der Waals surface area contributed by atoms with Gasteiger partial charge in [0.2, 0.25) is 11.8 Å². The fourth-order valence-electron chi connectivity index (χ4n) is 3.78. The highest BCUT2D eigenvalue weighted by molar-refractivity contribution is 5.93. The van der Waals surface area contributed by atoms with Gasteiger partial charge in [-0.1, -0.05) is 6.07 Å². The van der Waals surface area contributed by atoms with Gasteiger partial charge in [-0.2, -0.15) is 0 Å². The topological polar surface area (TPSA) is 85.4 Å². The predicted octanol–water partition coefficient (Wildman–Crippen LogP) is 2.57. The van der Waals surface area contributed by atoms with Crippen LogP contribution >= 0.6 is 0 Å². The molecule has 0 spiro atoms. The maximum absolute atomic E-state index is 12.2. The monoisotopic (exact) mass is 434 g/mol. The number of hydrogen-bond donors (Lipinski definition) is 0. The number of carbonyl (C=O) groups is 3. The molecular formula is C23H34N2O6. The lowest BCUT2D eigenvalue weighted by atomic mass is 10.0. The molecule has 2 rings (SSSR count). The predicted molar refractivity (Wildman–Crippen MR) is 117 cm³/mol. The molecule has 0 saturated carbocycles. The molecule has 0 saturated heterocycles. The van der Waals surface area contributed by atoms with Crippen molar-refractivity contribution in [1.82, 2.24) is 4.90 Å². The summed E-state index contributed by atoms with van der Waals surface area (Å²) in [5.41, 5.74) is 1.38. The Morgan fingerprint density at radius 3 is 2.48 bits per heavy atom. The van der Waals surface area contributed by atoms with E-state index in [2.05, 4.69) is 0 Å². The first-order valence-electron chi connectivity index (χ1n) is 10.5. The molecule has 2 amide bonds. The van der Waals surface area contributed by atoms with E-state index in [4.69, 9.17) is 14.2 Å². The fourth-order valence-corrected chi connectivity index (χ4v) is 3.78. The molecule has 1 aromatic rings. The van der Waals surface area contributed by atoms with E-state index in [0.717, 1.165) is 24.1 Å². The van der Waals surface area contributed by atoms with Crippen molar-refractivity contribution in [3.05, 3.63) is 23.8 Å². The number of anilines is 1. The standard InChI is InChI=1S/C23H34N2O6/c1-16(26)24-12-8-9-19-20(24)10-7-11-21(19)30-14-18(31-22(28)15-29-6)13-25(17(2)27)23(3,4)5/h7,10-11,18H,8-9,12-15H2,1-6H3. The molecule has 8 heteroatoms. The Balaban J connectivity index is 2.22. The summed E-state index contributed by atoms with van der Waals surface area (Å²) in [5, 5.41) is 0. The quantitative estimate of drug-likeness (QED) is 0.585. The molecule has 0 radical (unpaired) electrons. The molecule has 0 N–H and O–H groups in total. The van der Waals surface area contributed by atoms with E-state index in [-0.39, 0.29) is 31.6 Å². The summed E-state index contributed by atoms with van der Waals surface area (Å²) >= 11 is 0. The van der Waals surface area contributed by atoms with Gasteiger partial charge in [0.25, 0.3) is 0 Å². The minimum Gasteiger partial charge on any atom is -0.489 e. The number of carbonyl (C=O) groups excluding carboxylic acids is 3. The first-order chi connectivity index (χ1) is 14.5. The lowest BCUT2D eigenvalue weighted by molar-refractivity contribution is -0.159. The number of ether oxygens (including phenoxy) is 3. The number of benzene rings is 1. The number of hydrogen-bond acceptors (Lipinski definition) is 6. The van der Waals surface area contributed by atoms with Crippen molar-refractivity contribution < 1.29 is 28.6 Å². The molecule has 0 aliphatic carbocycles. The molecule has 0 bridgehead atoms. The second-order valence-electron chi connectivity index (χ2n) is 8.68. The van der Waals surface area contributed by atoms with Crippen LogP contribution in [0.4, 0.5) is 5.69 Å². The third kappa shape index (κ3) is 6.69. The molecular weight excluding hydrogens is 400 g/mol. The van der Waals surface area contributed by atoms with Gasteiger partial charge in [0, 0.05) is 38.6 Å². The van der Waals surface area contributed by atoms with Crippen molar-refractivity contribution in [3.63, 3.8) is 0 Å². The van der Waals surface area contributed by atoms with E-state index in [0.29, 0.717) is 12.3 Å². The number of rotatable bonds is 8. The Kier molecular flexibility index (Phi) is 8.44. The zero-order chi connectivity index (χ0) is 23.2. The maximum Gasteiger partial charge on any atom is 0.332 e. The van der Waals surface area contributed by atoms with Gasteiger partial charge in [0.05, 0.1) is 12.2 Å². The molecule has 172 valence electrons. The van der Waals surface area contributed by atoms with E-state index in [1.54, 1.807) is 16.7 Å². The summed E-state index contributed by atoms with van der Waals surface area (Å²) in [7, 11) is 1.42. The van der Waals surface area contributed by atoms with Crippen molar-refractivity contribution >= 4 is 23.5 Å². The van der Waals surface area contributed by atoms with Crippen molar-refractivity contribution in [1.29, 1.82) is 0 Å². The lowest BCUT2D eigenvalue weighted by Gasteiger charge is -2.37. The van der Waals surface area contributed by atoms with Crippen molar-refractivity contribution in [2.45, 2.75) is 59.1 Å². The summed E-state index contributed by atoms with van der Waals surface area (Å²) in [6.07, 6.45) is 0.973. The van der Waals surface area contributed by atoms with Crippen LogP contribution in [0, 0.1) is 0 Å². The highest BCUT2D eigenvalue weighted by atomic mass is 16.6. The molecule has 1 aromatic carbocycles. The average molecular weight is 435 g/mol. The van der Waals surface area contributed by atoms with Gasteiger partial charge >= 0.3 is 5.97 Å². The van der Waals surface area contributed by atoms with E-state index < -0.39 is 17.6 Å². The number of methoxy groups -OCH3 is 1. The Bertz CT molecular complexity index is 802. The first-order valence-corrected chi connectivity index (χ1v) is 10.5. The van der Waals surface area contributed by atoms with Crippen molar-refractivity contribution in [2.24, 2.45) is 0 Å². The van der Waals surface area contributed by atoms with Crippen molar-refractivity contribution in [3.8, 4) is 5.75 Å². The maximum atomic E-state index is 12.2. The van der Waals surface area contributed by atoms with Crippen molar-refractivity contribution in [2.75, 3.05) is 38.3 Å². The largest absolute Gasteiger partial charge is 0.489 e. The van der Waals surface area contributed by atoms with Gasteiger partial charge in [0.15, 0.2) is 6.10 Å². The third-order valence-electron chi connectivity index (χ3n) is 5.15. The zero-order valence-corrected chi connectivity index (χ0v) is 19.4. The van der Waals surface area contributed by atoms with Crippen LogP contribution in [-0.2, 0) is 30.3 Å². The molecule has 1 heterocycles. The van der Waals surface area contributed by atoms with Crippen LogP contribution in [0.2, 0.25) is 0 Å². The zero-order valence-electron chi connectivity index (χ0n) is 19.4. The van der Waals surface area contributed by atoms with Gasteiger partial charge in [-0.3, -0.25) is 9.59 Å². The molecule has 31 heavy (non-hydrogen) atoms.